The van der Waals surface area contributed by atoms with Crippen LogP contribution < -0.4 is 10.2 Å². The molecule has 2 aromatic carbocycles. The SMILES string of the molecule is CCN(C(=O)c1cc(C(C)C)c(O)cc1O)c1ccccc1CC1CNCCO1. The van der Waals surface area contributed by atoms with E-state index in [1.165, 1.54) is 6.07 Å². The molecule has 1 aliphatic heterocycles. The number of phenolic OH excluding ortho intramolecular Hbond substituents is 2. The van der Waals surface area contributed by atoms with Crippen molar-refractivity contribution < 1.29 is 19.7 Å². The third kappa shape index (κ3) is 4.71. The van der Waals surface area contributed by atoms with E-state index in [-0.39, 0.29) is 35.0 Å². The highest BCUT2D eigenvalue weighted by Gasteiger charge is 2.25. The van der Waals surface area contributed by atoms with Gasteiger partial charge in [0, 0.05) is 37.8 Å². The first-order valence-electron chi connectivity index (χ1n) is 10.2. The number of para-hydroxylation sites is 1. The maximum absolute atomic E-state index is 13.4. The van der Waals surface area contributed by atoms with Crippen molar-refractivity contribution in [2.45, 2.75) is 39.2 Å². The molecule has 1 atom stereocenters. The number of hydrogen-bond acceptors (Lipinski definition) is 5. The summed E-state index contributed by atoms with van der Waals surface area (Å²) in [5.41, 5.74) is 2.67. The van der Waals surface area contributed by atoms with Gasteiger partial charge < -0.3 is 25.2 Å². The fourth-order valence-electron chi connectivity index (χ4n) is 3.74. The zero-order chi connectivity index (χ0) is 21.0. The molecule has 1 heterocycles. The van der Waals surface area contributed by atoms with Crippen LogP contribution in [0.2, 0.25) is 0 Å². The molecule has 0 aromatic heterocycles. The molecule has 1 unspecified atom stereocenters. The Balaban J connectivity index is 1.94. The normalized spacial score (nSPS) is 16.8. The van der Waals surface area contributed by atoms with Crippen LogP contribution in [0.25, 0.3) is 0 Å². The summed E-state index contributed by atoms with van der Waals surface area (Å²) < 4.78 is 5.84. The average molecular weight is 399 g/mol. The first kappa shape index (κ1) is 21.1. The molecule has 6 nitrogen and oxygen atoms in total. The van der Waals surface area contributed by atoms with Crippen molar-refractivity contribution in [3.63, 3.8) is 0 Å². The van der Waals surface area contributed by atoms with Crippen LogP contribution in [0.5, 0.6) is 11.5 Å². The van der Waals surface area contributed by atoms with E-state index >= 15 is 0 Å². The summed E-state index contributed by atoms with van der Waals surface area (Å²) in [5, 5.41) is 23.8. The molecule has 1 saturated heterocycles. The van der Waals surface area contributed by atoms with Crippen molar-refractivity contribution in [3.8, 4) is 11.5 Å². The van der Waals surface area contributed by atoms with Gasteiger partial charge in [-0.25, -0.2) is 0 Å². The third-order valence-electron chi connectivity index (χ3n) is 5.29. The van der Waals surface area contributed by atoms with Gasteiger partial charge in [0.25, 0.3) is 5.91 Å². The van der Waals surface area contributed by atoms with Crippen molar-refractivity contribution in [1.29, 1.82) is 0 Å². The third-order valence-corrected chi connectivity index (χ3v) is 5.29. The number of carbonyl (C=O) groups is 1. The minimum atomic E-state index is -0.290. The van der Waals surface area contributed by atoms with Crippen LogP contribution in [0.4, 0.5) is 5.69 Å². The Hall–Kier alpha value is -2.57. The van der Waals surface area contributed by atoms with Gasteiger partial charge in [-0.3, -0.25) is 4.79 Å². The molecule has 0 radical (unpaired) electrons. The fourth-order valence-corrected chi connectivity index (χ4v) is 3.74. The number of nitrogens with one attached hydrogen (secondary N) is 1. The van der Waals surface area contributed by atoms with Crippen molar-refractivity contribution >= 4 is 11.6 Å². The lowest BCUT2D eigenvalue weighted by molar-refractivity contribution is 0.0293. The Morgan fingerprint density at radius 3 is 2.66 bits per heavy atom. The Morgan fingerprint density at radius 2 is 2.00 bits per heavy atom. The number of nitrogens with zero attached hydrogens (tertiary/aromatic N) is 1. The lowest BCUT2D eigenvalue weighted by Gasteiger charge is -2.28. The second-order valence-corrected chi connectivity index (χ2v) is 7.66. The Labute approximate surface area is 172 Å². The summed E-state index contributed by atoms with van der Waals surface area (Å²) in [6.07, 6.45) is 0.763. The van der Waals surface area contributed by atoms with E-state index in [1.807, 2.05) is 45.0 Å². The molecule has 1 aliphatic rings. The number of anilines is 1. The van der Waals surface area contributed by atoms with Gasteiger partial charge in [-0.2, -0.15) is 0 Å². The highest BCUT2D eigenvalue weighted by Crippen LogP contribution is 2.34. The molecule has 1 fully saturated rings. The molecule has 156 valence electrons. The van der Waals surface area contributed by atoms with Gasteiger partial charge in [0.1, 0.15) is 11.5 Å². The molecule has 1 amide bonds. The number of hydrogen-bond donors (Lipinski definition) is 3. The summed E-state index contributed by atoms with van der Waals surface area (Å²) in [6.45, 7) is 8.56. The van der Waals surface area contributed by atoms with E-state index < -0.39 is 0 Å². The maximum atomic E-state index is 13.4. The topological polar surface area (TPSA) is 82.0 Å². The second-order valence-electron chi connectivity index (χ2n) is 7.66. The summed E-state index contributed by atoms with van der Waals surface area (Å²) in [7, 11) is 0. The van der Waals surface area contributed by atoms with E-state index in [0.29, 0.717) is 25.1 Å². The predicted octanol–water partition coefficient (Wildman–Crippen LogP) is 3.42. The summed E-state index contributed by atoms with van der Waals surface area (Å²) in [6, 6.07) is 10.7. The molecule has 3 N–H and O–H groups in total. The number of amides is 1. The van der Waals surface area contributed by atoms with E-state index in [4.69, 9.17) is 4.74 Å². The molecule has 0 bridgehead atoms. The number of aromatic hydroxyl groups is 2. The number of rotatable bonds is 6. The minimum absolute atomic E-state index is 0.000513. The van der Waals surface area contributed by atoms with Gasteiger partial charge in [0.05, 0.1) is 18.3 Å². The summed E-state index contributed by atoms with van der Waals surface area (Å²) in [4.78, 5) is 15.0. The Morgan fingerprint density at radius 1 is 1.24 bits per heavy atom. The zero-order valence-electron chi connectivity index (χ0n) is 17.3. The van der Waals surface area contributed by atoms with Crippen LogP contribution in [0.1, 0.15) is 48.2 Å². The lowest BCUT2D eigenvalue weighted by atomic mass is 9.97. The molecule has 29 heavy (non-hydrogen) atoms. The van der Waals surface area contributed by atoms with Gasteiger partial charge in [-0.05, 0) is 36.1 Å². The standard InChI is InChI=1S/C23H30N2O4/c1-4-25(23(28)19-12-18(15(2)3)21(26)13-22(19)27)20-8-6-5-7-16(20)11-17-14-24-9-10-29-17/h5-8,12-13,15,17,24,26-27H,4,9-11,14H2,1-3H3. The summed E-state index contributed by atoms with van der Waals surface area (Å²) >= 11 is 0. The van der Waals surface area contributed by atoms with Crippen LogP contribution in [0.3, 0.4) is 0 Å². The number of carbonyl (C=O) groups excluding carboxylic acids is 1. The zero-order valence-corrected chi connectivity index (χ0v) is 17.3. The van der Waals surface area contributed by atoms with Gasteiger partial charge in [0.2, 0.25) is 0 Å². The minimum Gasteiger partial charge on any atom is -0.508 e. The fraction of sp³-hybridized carbons (Fsp3) is 0.435. The second kappa shape index (κ2) is 9.29. The van der Waals surface area contributed by atoms with E-state index in [1.54, 1.807) is 11.0 Å². The maximum Gasteiger partial charge on any atom is 0.262 e. The van der Waals surface area contributed by atoms with Gasteiger partial charge in [-0.15, -0.1) is 0 Å². The van der Waals surface area contributed by atoms with Gasteiger partial charge in [-0.1, -0.05) is 32.0 Å². The van der Waals surface area contributed by atoms with Crippen LogP contribution >= 0.6 is 0 Å². The van der Waals surface area contributed by atoms with Crippen molar-refractivity contribution in [1.82, 2.24) is 5.32 Å². The number of ether oxygens (including phenoxy) is 1. The molecular weight excluding hydrogens is 368 g/mol. The first-order valence-corrected chi connectivity index (χ1v) is 10.2. The average Bonchev–Trinajstić information content (AvgIpc) is 2.70. The summed E-state index contributed by atoms with van der Waals surface area (Å²) in [5.74, 6) is -0.477. The van der Waals surface area contributed by atoms with Gasteiger partial charge >= 0.3 is 0 Å². The van der Waals surface area contributed by atoms with Crippen molar-refractivity contribution in [3.05, 3.63) is 53.1 Å². The van der Waals surface area contributed by atoms with Crippen LogP contribution in [0.15, 0.2) is 36.4 Å². The molecule has 3 rings (SSSR count). The van der Waals surface area contributed by atoms with Crippen LogP contribution in [-0.2, 0) is 11.2 Å². The molecular formula is C23H30N2O4. The molecule has 6 heteroatoms. The molecule has 0 saturated carbocycles. The van der Waals surface area contributed by atoms with E-state index in [9.17, 15) is 15.0 Å². The number of morpholine rings is 1. The molecule has 0 aliphatic carbocycles. The molecule has 2 aromatic rings. The Bertz CT molecular complexity index is 860. The number of benzene rings is 2. The van der Waals surface area contributed by atoms with Gasteiger partial charge in [0.15, 0.2) is 0 Å². The molecule has 0 spiro atoms. The predicted molar refractivity (Wildman–Crippen MR) is 114 cm³/mol. The number of phenols is 2. The van der Waals surface area contributed by atoms with Crippen molar-refractivity contribution in [2.24, 2.45) is 0 Å². The van der Waals surface area contributed by atoms with E-state index in [0.717, 1.165) is 24.3 Å². The lowest BCUT2D eigenvalue weighted by Crippen LogP contribution is -2.40. The van der Waals surface area contributed by atoms with Crippen molar-refractivity contribution in [2.75, 3.05) is 31.1 Å². The monoisotopic (exact) mass is 398 g/mol. The highest BCUT2D eigenvalue weighted by molar-refractivity contribution is 6.08. The first-order chi connectivity index (χ1) is 13.9. The van der Waals surface area contributed by atoms with Crippen LogP contribution in [-0.4, -0.2) is 48.5 Å². The largest absolute Gasteiger partial charge is 0.508 e. The van der Waals surface area contributed by atoms with Crippen LogP contribution in [0, 0.1) is 0 Å². The van der Waals surface area contributed by atoms with E-state index in [2.05, 4.69) is 5.32 Å². The smallest absolute Gasteiger partial charge is 0.262 e. The Kier molecular flexibility index (Phi) is 6.77. The quantitative estimate of drug-likeness (QED) is 0.695. The highest BCUT2D eigenvalue weighted by atomic mass is 16.5.